The van der Waals surface area contributed by atoms with Crippen molar-refractivity contribution in [2.24, 2.45) is 0 Å². The number of hydrogen-bond donors (Lipinski definition) is 0. The Kier molecular flexibility index (Phi) is 4.67. The van der Waals surface area contributed by atoms with Gasteiger partial charge >= 0.3 is 5.97 Å². The van der Waals surface area contributed by atoms with Gasteiger partial charge in [0, 0.05) is 4.88 Å². The molecule has 0 atom stereocenters. The lowest BCUT2D eigenvalue weighted by Crippen LogP contribution is -2.24. The molecule has 0 aliphatic carbocycles. The van der Waals surface area contributed by atoms with Gasteiger partial charge in [-0.1, -0.05) is 17.3 Å². The smallest absolute Gasteiger partial charge is 0.338 e. The first kappa shape index (κ1) is 17.3. The summed E-state index contributed by atoms with van der Waals surface area (Å²) in [6.45, 7) is 7.82. The molecular formula is C18H19N3O3S. The van der Waals surface area contributed by atoms with Crippen molar-refractivity contribution >= 4 is 27.5 Å². The molecule has 0 N–H and O–H groups in total. The Morgan fingerprint density at radius 1 is 1.24 bits per heavy atom. The molecule has 0 unspecified atom stereocenters. The highest BCUT2D eigenvalue weighted by atomic mass is 32.1. The van der Waals surface area contributed by atoms with E-state index < -0.39 is 0 Å². The van der Waals surface area contributed by atoms with Crippen LogP contribution >= 0.6 is 11.3 Å². The fourth-order valence-corrected chi connectivity index (χ4v) is 3.47. The average Bonchev–Trinajstić information content (AvgIpc) is 2.85. The van der Waals surface area contributed by atoms with Crippen molar-refractivity contribution in [1.82, 2.24) is 15.0 Å². The topological polar surface area (TPSA) is 74.1 Å². The first-order valence-corrected chi connectivity index (χ1v) is 8.82. The van der Waals surface area contributed by atoms with Crippen LogP contribution in [0.2, 0.25) is 0 Å². The van der Waals surface area contributed by atoms with Gasteiger partial charge in [-0.15, -0.1) is 16.4 Å². The molecule has 0 bridgehead atoms. The first-order chi connectivity index (χ1) is 11.9. The van der Waals surface area contributed by atoms with Crippen molar-refractivity contribution in [2.45, 2.75) is 40.3 Å². The minimum Gasteiger partial charge on any atom is -0.459 e. The number of rotatable bonds is 4. The zero-order valence-corrected chi connectivity index (χ0v) is 15.4. The van der Waals surface area contributed by atoms with Crippen molar-refractivity contribution in [3.05, 3.63) is 56.2 Å². The lowest BCUT2D eigenvalue weighted by molar-refractivity contribution is 0.0378. The van der Waals surface area contributed by atoms with Gasteiger partial charge in [-0.3, -0.25) is 4.79 Å². The molecule has 25 heavy (non-hydrogen) atoms. The molecule has 6 nitrogen and oxygen atoms in total. The number of benzene rings is 1. The monoisotopic (exact) mass is 357 g/mol. The number of carbonyl (C=O) groups is 1. The Bertz CT molecular complexity index is 987. The predicted molar refractivity (Wildman–Crippen MR) is 97.2 cm³/mol. The number of nitrogens with zero attached hydrogens (tertiary/aromatic N) is 3. The number of carbonyl (C=O) groups excluding carboxylic acids is 1. The Labute approximate surface area is 149 Å². The SMILES string of the molecule is Cc1sc2nnn(Cc3ccc(C(=O)OC(C)C)cc3)c(=O)c2c1C. The number of fused-ring (bicyclic) bond motifs is 1. The first-order valence-electron chi connectivity index (χ1n) is 8.00. The van der Waals surface area contributed by atoms with Gasteiger partial charge < -0.3 is 4.74 Å². The molecule has 0 fully saturated rings. The molecular weight excluding hydrogens is 338 g/mol. The summed E-state index contributed by atoms with van der Waals surface area (Å²) in [6, 6.07) is 6.97. The molecule has 0 radical (unpaired) electrons. The molecule has 130 valence electrons. The molecule has 0 amide bonds. The molecule has 3 rings (SSSR count). The maximum Gasteiger partial charge on any atom is 0.338 e. The summed E-state index contributed by atoms with van der Waals surface area (Å²) in [5.41, 5.74) is 2.16. The molecule has 0 saturated heterocycles. The summed E-state index contributed by atoms with van der Waals surface area (Å²) in [4.78, 5) is 26.3. The van der Waals surface area contributed by atoms with Crippen LogP contribution in [0, 0.1) is 13.8 Å². The van der Waals surface area contributed by atoms with Crippen LogP contribution in [0.1, 0.15) is 40.2 Å². The number of aryl methyl sites for hydroxylation is 2. The van der Waals surface area contributed by atoms with Crippen LogP contribution in [0.5, 0.6) is 0 Å². The van der Waals surface area contributed by atoms with Gasteiger partial charge in [0.25, 0.3) is 5.56 Å². The number of hydrogen-bond acceptors (Lipinski definition) is 6. The zero-order chi connectivity index (χ0) is 18.1. The number of aromatic nitrogens is 3. The maximum absolute atomic E-state index is 12.7. The van der Waals surface area contributed by atoms with E-state index in [1.165, 1.54) is 16.0 Å². The molecule has 7 heteroatoms. The van der Waals surface area contributed by atoms with Crippen molar-refractivity contribution in [2.75, 3.05) is 0 Å². The molecule has 0 aliphatic rings. The van der Waals surface area contributed by atoms with Crippen molar-refractivity contribution in [3.8, 4) is 0 Å². The van der Waals surface area contributed by atoms with E-state index in [1.807, 2.05) is 27.7 Å². The second-order valence-corrected chi connectivity index (χ2v) is 7.37. The minimum absolute atomic E-state index is 0.143. The number of thiophene rings is 1. The van der Waals surface area contributed by atoms with E-state index in [-0.39, 0.29) is 17.6 Å². The average molecular weight is 357 g/mol. The van der Waals surface area contributed by atoms with Gasteiger partial charge in [-0.05, 0) is 51.0 Å². The molecule has 1 aromatic carbocycles. The van der Waals surface area contributed by atoms with Crippen molar-refractivity contribution in [1.29, 1.82) is 0 Å². The summed E-state index contributed by atoms with van der Waals surface area (Å²) in [5.74, 6) is -0.357. The van der Waals surface area contributed by atoms with E-state index in [0.717, 1.165) is 16.0 Å². The predicted octanol–water partition coefficient (Wildman–Crippen LogP) is 3.08. The summed E-state index contributed by atoms with van der Waals surface area (Å²) in [5, 5.41) is 8.82. The Balaban J connectivity index is 1.87. The van der Waals surface area contributed by atoms with Crippen LogP contribution in [0.4, 0.5) is 0 Å². The third-order valence-corrected chi connectivity index (χ3v) is 5.01. The number of ether oxygens (including phenoxy) is 1. The van der Waals surface area contributed by atoms with Crippen LogP contribution in [0.3, 0.4) is 0 Å². The van der Waals surface area contributed by atoms with Crippen LogP contribution in [0.15, 0.2) is 29.1 Å². The quantitative estimate of drug-likeness (QED) is 0.671. The Morgan fingerprint density at radius 3 is 2.56 bits per heavy atom. The fraction of sp³-hybridized carbons (Fsp3) is 0.333. The van der Waals surface area contributed by atoms with Gasteiger partial charge in [0.1, 0.15) is 0 Å². The molecule has 2 heterocycles. The summed E-state index contributed by atoms with van der Waals surface area (Å²) >= 11 is 1.48. The van der Waals surface area contributed by atoms with Crippen LogP contribution in [0.25, 0.3) is 10.2 Å². The van der Waals surface area contributed by atoms with E-state index in [2.05, 4.69) is 10.3 Å². The Morgan fingerprint density at radius 2 is 1.92 bits per heavy atom. The summed E-state index contributed by atoms with van der Waals surface area (Å²) < 4.78 is 6.51. The molecule has 0 aliphatic heterocycles. The lowest BCUT2D eigenvalue weighted by atomic mass is 10.1. The maximum atomic E-state index is 12.7. The second kappa shape index (κ2) is 6.76. The summed E-state index contributed by atoms with van der Waals surface area (Å²) in [6.07, 6.45) is -0.162. The fourth-order valence-electron chi connectivity index (χ4n) is 2.50. The molecule has 0 spiro atoms. The third-order valence-electron chi connectivity index (χ3n) is 3.92. The molecule has 0 saturated carbocycles. The third kappa shape index (κ3) is 3.46. The minimum atomic E-state index is -0.357. The van der Waals surface area contributed by atoms with E-state index >= 15 is 0 Å². The van der Waals surface area contributed by atoms with Crippen molar-refractivity contribution < 1.29 is 9.53 Å². The lowest BCUT2D eigenvalue weighted by Gasteiger charge is -2.08. The van der Waals surface area contributed by atoms with E-state index in [4.69, 9.17) is 4.74 Å². The van der Waals surface area contributed by atoms with Crippen molar-refractivity contribution in [3.63, 3.8) is 0 Å². The second-order valence-electron chi connectivity index (χ2n) is 6.17. The van der Waals surface area contributed by atoms with Gasteiger partial charge in [0.15, 0.2) is 4.83 Å². The van der Waals surface area contributed by atoms with Gasteiger partial charge in [-0.25, -0.2) is 9.48 Å². The largest absolute Gasteiger partial charge is 0.459 e. The number of esters is 1. The van der Waals surface area contributed by atoms with Crippen LogP contribution in [-0.4, -0.2) is 27.1 Å². The van der Waals surface area contributed by atoms with Crippen LogP contribution in [-0.2, 0) is 11.3 Å². The highest BCUT2D eigenvalue weighted by Gasteiger charge is 2.14. The van der Waals surface area contributed by atoms with Gasteiger partial charge in [0.05, 0.1) is 23.6 Å². The highest BCUT2D eigenvalue weighted by molar-refractivity contribution is 7.18. The molecule has 3 aromatic rings. The summed E-state index contributed by atoms with van der Waals surface area (Å²) in [7, 11) is 0. The van der Waals surface area contributed by atoms with E-state index in [0.29, 0.717) is 22.3 Å². The normalized spacial score (nSPS) is 11.2. The Hall–Kier alpha value is -2.54. The van der Waals surface area contributed by atoms with E-state index in [1.54, 1.807) is 24.3 Å². The van der Waals surface area contributed by atoms with Crippen LogP contribution < -0.4 is 5.56 Å². The van der Waals surface area contributed by atoms with Gasteiger partial charge in [-0.2, -0.15) is 0 Å². The standard InChI is InChI=1S/C18H19N3O3S/c1-10(2)24-18(23)14-7-5-13(6-8-14)9-21-17(22)15-11(3)12(4)25-16(15)19-20-21/h5-8,10H,9H2,1-4H3. The zero-order valence-electron chi connectivity index (χ0n) is 14.6. The molecule has 2 aromatic heterocycles. The highest BCUT2D eigenvalue weighted by Crippen LogP contribution is 2.25. The van der Waals surface area contributed by atoms with Gasteiger partial charge in [0.2, 0.25) is 0 Å². The van der Waals surface area contributed by atoms with E-state index in [9.17, 15) is 9.59 Å².